The van der Waals surface area contributed by atoms with Crippen molar-refractivity contribution in [1.29, 1.82) is 0 Å². The maximum Gasteiger partial charge on any atom is 0.271 e. The fourth-order valence-electron chi connectivity index (χ4n) is 2.94. The second-order valence-corrected chi connectivity index (χ2v) is 7.66. The molecule has 2 aromatic carbocycles. The van der Waals surface area contributed by atoms with Gasteiger partial charge in [0.1, 0.15) is 5.82 Å². The molecule has 144 valence electrons. The SMILES string of the molecule is O=[N+]([O-])c1ccc2nc(CNc3nn4cc(-c5ccc(Cl)cc5)nc4s3)[nH]c2c1. The minimum absolute atomic E-state index is 0.0262. The molecule has 0 amide bonds. The fourth-order valence-corrected chi connectivity index (χ4v) is 3.84. The van der Waals surface area contributed by atoms with E-state index in [-0.39, 0.29) is 5.69 Å². The topological polar surface area (TPSA) is 114 Å². The van der Waals surface area contributed by atoms with Crippen LogP contribution in [0.4, 0.5) is 10.8 Å². The standard InChI is InChI=1S/C18H12ClN7O2S/c19-11-3-1-10(2-4-11)15-9-25-18(23-15)29-17(24-25)20-8-16-21-13-6-5-12(26(27)28)7-14(13)22-16/h1-7,9H,8H2,(H,20,24)(H,21,22). The van der Waals surface area contributed by atoms with Crippen LogP contribution in [0.15, 0.2) is 48.7 Å². The van der Waals surface area contributed by atoms with Crippen molar-refractivity contribution in [3.05, 3.63) is 69.6 Å². The highest BCUT2D eigenvalue weighted by Gasteiger charge is 2.12. The third-order valence-corrected chi connectivity index (χ3v) is 5.45. The van der Waals surface area contributed by atoms with Gasteiger partial charge in [0.25, 0.3) is 5.69 Å². The van der Waals surface area contributed by atoms with Crippen molar-refractivity contribution in [2.75, 3.05) is 5.32 Å². The van der Waals surface area contributed by atoms with E-state index in [1.165, 1.54) is 23.5 Å². The van der Waals surface area contributed by atoms with E-state index in [2.05, 4.69) is 25.4 Å². The molecule has 0 saturated carbocycles. The van der Waals surface area contributed by atoms with Crippen LogP contribution in [0.1, 0.15) is 5.82 Å². The molecular weight excluding hydrogens is 414 g/mol. The second kappa shape index (κ2) is 6.83. The van der Waals surface area contributed by atoms with Crippen molar-refractivity contribution in [2.45, 2.75) is 6.54 Å². The number of nitro benzene ring substituents is 1. The zero-order valence-corrected chi connectivity index (χ0v) is 16.2. The predicted molar refractivity (Wildman–Crippen MR) is 111 cm³/mol. The van der Waals surface area contributed by atoms with Gasteiger partial charge < -0.3 is 10.3 Å². The molecule has 0 atom stereocenters. The molecule has 3 heterocycles. The number of non-ortho nitro benzene ring substituents is 1. The van der Waals surface area contributed by atoms with Gasteiger partial charge in [-0.2, -0.15) is 0 Å². The van der Waals surface area contributed by atoms with Crippen LogP contribution in [0.2, 0.25) is 5.02 Å². The molecule has 0 aliphatic carbocycles. The summed E-state index contributed by atoms with van der Waals surface area (Å²) >= 11 is 7.35. The van der Waals surface area contributed by atoms with Crippen molar-refractivity contribution in [1.82, 2.24) is 24.6 Å². The Labute approximate surface area is 172 Å². The van der Waals surface area contributed by atoms with Gasteiger partial charge in [0.15, 0.2) is 0 Å². The van der Waals surface area contributed by atoms with Crippen LogP contribution in [0.25, 0.3) is 27.3 Å². The third kappa shape index (κ3) is 3.39. The van der Waals surface area contributed by atoms with Gasteiger partial charge in [-0.15, -0.1) is 5.10 Å². The fraction of sp³-hybridized carbons (Fsp3) is 0.0556. The molecule has 0 unspecified atom stereocenters. The molecule has 29 heavy (non-hydrogen) atoms. The number of fused-ring (bicyclic) bond motifs is 2. The summed E-state index contributed by atoms with van der Waals surface area (Å²) in [5.74, 6) is 0.662. The maximum atomic E-state index is 10.9. The van der Waals surface area contributed by atoms with Crippen LogP contribution in [0.3, 0.4) is 0 Å². The lowest BCUT2D eigenvalue weighted by Gasteiger charge is -1.98. The lowest BCUT2D eigenvalue weighted by Crippen LogP contribution is -2.01. The smallest absolute Gasteiger partial charge is 0.271 e. The van der Waals surface area contributed by atoms with Crippen LogP contribution >= 0.6 is 22.9 Å². The van der Waals surface area contributed by atoms with Crippen molar-refractivity contribution < 1.29 is 4.92 Å². The van der Waals surface area contributed by atoms with Crippen molar-refractivity contribution in [3.63, 3.8) is 0 Å². The predicted octanol–water partition coefficient (Wildman–Crippen LogP) is 4.51. The summed E-state index contributed by atoms with van der Waals surface area (Å²) < 4.78 is 1.72. The Balaban J connectivity index is 1.33. The van der Waals surface area contributed by atoms with E-state index in [4.69, 9.17) is 11.6 Å². The highest BCUT2D eigenvalue weighted by molar-refractivity contribution is 7.20. The number of aromatic nitrogens is 5. The normalized spacial score (nSPS) is 11.3. The first-order valence-electron chi connectivity index (χ1n) is 8.54. The van der Waals surface area contributed by atoms with Crippen LogP contribution in [0.5, 0.6) is 0 Å². The number of H-pyrrole nitrogens is 1. The van der Waals surface area contributed by atoms with Gasteiger partial charge in [-0.05, 0) is 18.2 Å². The summed E-state index contributed by atoms with van der Waals surface area (Å²) in [4.78, 5) is 23.3. The summed E-state index contributed by atoms with van der Waals surface area (Å²) in [7, 11) is 0. The number of hydrogen-bond acceptors (Lipinski definition) is 7. The number of aromatic amines is 1. The van der Waals surface area contributed by atoms with E-state index >= 15 is 0 Å². The molecule has 5 aromatic rings. The maximum absolute atomic E-state index is 10.9. The van der Waals surface area contributed by atoms with Crippen molar-refractivity contribution >= 4 is 49.8 Å². The lowest BCUT2D eigenvalue weighted by molar-refractivity contribution is -0.384. The zero-order chi connectivity index (χ0) is 20.0. The molecule has 0 fully saturated rings. The molecule has 9 nitrogen and oxygen atoms in total. The number of benzene rings is 2. The van der Waals surface area contributed by atoms with Gasteiger partial charge in [-0.1, -0.05) is 35.1 Å². The van der Waals surface area contributed by atoms with Gasteiger partial charge in [-0.25, -0.2) is 14.5 Å². The number of hydrogen-bond donors (Lipinski definition) is 2. The molecule has 2 N–H and O–H groups in total. The minimum Gasteiger partial charge on any atom is -0.353 e. The molecule has 11 heteroatoms. The number of anilines is 1. The van der Waals surface area contributed by atoms with E-state index < -0.39 is 4.92 Å². The molecule has 0 radical (unpaired) electrons. The highest BCUT2D eigenvalue weighted by Crippen LogP contribution is 2.26. The highest BCUT2D eigenvalue weighted by atomic mass is 35.5. The summed E-state index contributed by atoms with van der Waals surface area (Å²) in [5.41, 5.74) is 3.12. The van der Waals surface area contributed by atoms with Crippen LogP contribution in [-0.4, -0.2) is 29.5 Å². The first-order valence-corrected chi connectivity index (χ1v) is 9.74. The number of imidazole rings is 2. The first-order chi connectivity index (χ1) is 14.0. The number of rotatable bonds is 5. The van der Waals surface area contributed by atoms with Crippen LogP contribution in [-0.2, 0) is 6.54 Å². The van der Waals surface area contributed by atoms with Crippen molar-refractivity contribution in [3.8, 4) is 11.3 Å². The first kappa shape index (κ1) is 17.6. The Kier molecular flexibility index (Phi) is 4.14. The number of nitrogens with one attached hydrogen (secondary N) is 2. The Morgan fingerprint density at radius 2 is 2.03 bits per heavy atom. The molecule has 0 aliphatic heterocycles. The molecular formula is C18H12ClN7O2S. The molecule has 0 saturated heterocycles. The van der Waals surface area contributed by atoms with E-state index in [0.717, 1.165) is 16.2 Å². The monoisotopic (exact) mass is 425 g/mol. The number of nitro groups is 1. The molecule has 5 rings (SSSR count). The van der Waals surface area contributed by atoms with E-state index in [1.54, 1.807) is 10.6 Å². The van der Waals surface area contributed by atoms with Gasteiger partial charge in [-0.3, -0.25) is 10.1 Å². The van der Waals surface area contributed by atoms with Crippen LogP contribution in [0, 0.1) is 10.1 Å². The van der Waals surface area contributed by atoms with E-state index in [0.29, 0.717) is 33.6 Å². The second-order valence-electron chi connectivity index (χ2n) is 6.26. The molecule has 0 spiro atoms. The lowest BCUT2D eigenvalue weighted by atomic mass is 10.2. The zero-order valence-electron chi connectivity index (χ0n) is 14.7. The molecule has 0 aliphatic rings. The Hall–Kier alpha value is -3.50. The Morgan fingerprint density at radius 3 is 2.79 bits per heavy atom. The Morgan fingerprint density at radius 1 is 1.21 bits per heavy atom. The average Bonchev–Trinajstić information content (AvgIpc) is 3.38. The summed E-state index contributed by atoms with van der Waals surface area (Å²) in [5, 5.41) is 20.0. The quantitative estimate of drug-likeness (QED) is 0.316. The average molecular weight is 426 g/mol. The van der Waals surface area contributed by atoms with E-state index in [9.17, 15) is 10.1 Å². The summed E-state index contributed by atoms with van der Waals surface area (Å²) in [6.45, 7) is 0.406. The summed E-state index contributed by atoms with van der Waals surface area (Å²) in [6.07, 6.45) is 1.86. The number of nitrogens with zero attached hydrogens (tertiary/aromatic N) is 5. The Bertz CT molecular complexity index is 1320. The largest absolute Gasteiger partial charge is 0.353 e. The molecule has 0 bridgehead atoms. The summed E-state index contributed by atoms with van der Waals surface area (Å²) in [6, 6.07) is 12.0. The van der Waals surface area contributed by atoms with Gasteiger partial charge in [0.05, 0.1) is 34.4 Å². The minimum atomic E-state index is -0.429. The van der Waals surface area contributed by atoms with Gasteiger partial charge in [0, 0.05) is 22.7 Å². The van der Waals surface area contributed by atoms with Crippen LogP contribution < -0.4 is 5.32 Å². The van der Waals surface area contributed by atoms with Gasteiger partial charge >= 0.3 is 0 Å². The van der Waals surface area contributed by atoms with Crippen molar-refractivity contribution in [2.24, 2.45) is 0 Å². The third-order valence-electron chi connectivity index (χ3n) is 4.32. The van der Waals surface area contributed by atoms with E-state index in [1.807, 2.05) is 30.5 Å². The molecule has 3 aromatic heterocycles. The number of halogens is 1. The van der Waals surface area contributed by atoms with Gasteiger partial charge in [0.2, 0.25) is 10.1 Å².